The van der Waals surface area contributed by atoms with Crippen LogP contribution in [0.1, 0.15) is 239 Å². The van der Waals surface area contributed by atoms with Gasteiger partial charge in [-0.3, -0.25) is 9.59 Å². The fourth-order valence-corrected chi connectivity index (χ4v) is 8.69. The van der Waals surface area contributed by atoms with E-state index in [1.807, 2.05) is 6.08 Å². The van der Waals surface area contributed by atoms with Crippen LogP contribution < -0.4 is 5.32 Å². The lowest BCUT2D eigenvalue weighted by Gasteiger charge is -2.41. The molecule has 11 heteroatoms. The molecule has 1 rings (SSSR count). The van der Waals surface area contributed by atoms with Crippen molar-refractivity contribution in [2.24, 2.45) is 0 Å². The first-order valence-corrected chi connectivity index (χ1v) is 29.2. The molecule has 0 radical (unpaired) electrons. The Bertz CT molecular complexity index is 1440. The summed E-state index contributed by atoms with van der Waals surface area (Å²) in [6, 6.07) is -1.04. The number of aliphatic hydroxyl groups is 5. The van der Waals surface area contributed by atoms with Gasteiger partial charge in [-0.25, -0.2) is 0 Å². The van der Waals surface area contributed by atoms with Gasteiger partial charge in [0.25, 0.3) is 0 Å². The van der Waals surface area contributed by atoms with Crippen molar-refractivity contribution in [3.8, 4) is 0 Å². The monoisotopic (exact) mass is 1010 g/mol. The Morgan fingerprint density at radius 1 is 0.556 bits per heavy atom. The lowest BCUT2D eigenvalue weighted by molar-refractivity contribution is -0.305. The van der Waals surface area contributed by atoms with E-state index < -0.39 is 67.4 Å². The van der Waals surface area contributed by atoms with Gasteiger partial charge in [0.1, 0.15) is 24.4 Å². The highest BCUT2D eigenvalue weighted by Crippen LogP contribution is 2.26. The van der Waals surface area contributed by atoms with Gasteiger partial charge in [-0.15, -0.1) is 0 Å². The standard InChI is InChI=1S/C61H107NO10/c1-4-7-10-13-16-19-22-25-27-28-30-33-36-39-42-45-48-54(65)60(69)62-52(53(64)47-44-41-38-35-32-29-24-21-18-15-12-9-6-3)51-70-61-59(58(68)57(67)55(50-63)71-61)72-56(66)49-46-43-40-37-34-31-26-23-20-17-14-11-8-5-2/h8,11,16-17,19-20,25,27,30,33,44,47,52-55,57-59,61,63-65,67-68H,4-7,9-10,12-15,18,21-24,26,28-29,31-32,34-43,45-46,48-51H2,1-3H3,(H,62,69)/b11-8+,19-16-,20-17+,27-25-,33-30-,47-44+. The first-order chi connectivity index (χ1) is 35.2. The van der Waals surface area contributed by atoms with Crippen molar-refractivity contribution >= 4 is 11.9 Å². The average Bonchev–Trinajstić information content (AvgIpc) is 3.38. The van der Waals surface area contributed by atoms with E-state index in [-0.39, 0.29) is 19.4 Å². The quantitative estimate of drug-likeness (QED) is 0.0195. The summed E-state index contributed by atoms with van der Waals surface area (Å²) in [4.78, 5) is 26.5. The van der Waals surface area contributed by atoms with Crippen LogP contribution in [-0.4, -0.2) is 99.6 Å². The summed E-state index contributed by atoms with van der Waals surface area (Å²) in [5, 5.41) is 56.8. The number of unbranched alkanes of at least 4 members (excludes halogenated alkanes) is 24. The van der Waals surface area contributed by atoms with E-state index in [4.69, 9.17) is 14.2 Å². The second-order valence-corrected chi connectivity index (χ2v) is 20.0. The molecule has 1 heterocycles. The summed E-state index contributed by atoms with van der Waals surface area (Å²) in [5.41, 5.74) is 0. The van der Waals surface area contributed by atoms with Crippen LogP contribution >= 0.6 is 0 Å². The van der Waals surface area contributed by atoms with Crippen molar-refractivity contribution < 1.29 is 49.3 Å². The Hall–Kier alpha value is -2.90. The molecule has 0 spiro atoms. The van der Waals surface area contributed by atoms with Gasteiger partial charge in [0, 0.05) is 6.42 Å². The Morgan fingerprint density at radius 2 is 1.00 bits per heavy atom. The molecule has 72 heavy (non-hydrogen) atoms. The van der Waals surface area contributed by atoms with Crippen molar-refractivity contribution in [1.82, 2.24) is 5.32 Å². The van der Waals surface area contributed by atoms with Gasteiger partial charge >= 0.3 is 5.97 Å². The first kappa shape index (κ1) is 67.1. The van der Waals surface area contributed by atoms with Crippen LogP contribution in [0.5, 0.6) is 0 Å². The number of nitrogens with one attached hydrogen (secondary N) is 1. The second-order valence-electron chi connectivity index (χ2n) is 20.0. The lowest BCUT2D eigenvalue weighted by atomic mass is 9.99. The van der Waals surface area contributed by atoms with E-state index in [0.717, 1.165) is 109 Å². The Balaban J connectivity index is 2.76. The molecule has 0 saturated carbocycles. The van der Waals surface area contributed by atoms with Crippen molar-refractivity contribution in [2.75, 3.05) is 13.2 Å². The van der Waals surface area contributed by atoms with Gasteiger partial charge in [-0.05, 0) is 89.9 Å². The third-order valence-corrected chi connectivity index (χ3v) is 13.3. The summed E-state index contributed by atoms with van der Waals surface area (Å²) in [6.45, 7) is 5.62. The normalized spacial score (nSPS) is 20.0. The van der Waals surface area contributed by atoms with E-state index in [1.165, 1.54) is 83.5 Å². The number of hydrogen-bond acceptors (Lipinski definition) is 10. The molecule has 0 aromatic heterocycles. The van der Waals surface area contributed by atoms with Crippen LogP contribution in [0.25, 0.3) is 0 Å². The molecule has 1 aliphatic rings. The Labute approximate surface area is 439 Å². The van der Waals surface area contributed by atoms with Gasteiger partial charge in [-0.1, -0.05) is 216 Å². The third-order valence-electron chi connectivity index (χ3n) is 13.3. The molecule has 6 N–H and O–H groups in total. The van der Waals surface area contributed by atoms with E-state index >= 15 is 0 Å². The zero-order valence-electron chi connectivity index (χ0n) is 45.8. The van der Waals surface area contributed by atoms with Gasteiger partial charge in [0.2, 0.25) is 5.91 Å². The number of rotatable bonds is 48. The molecule has 11 nitrogen and oxygen atoms in total. The maximum absolute atomic E-state index is 13.4. The summed E-state index contributed by atoms with van der Waals surface area (Å²) in [6.07, 6.45) is 50.8. The number of carbonyl (C=O) groups excluding carboxylic acids is 2. The molecule has 1 fully saturated rings. The van der Waals surface area contributed by atoms with Crippen molar-refractivity contribution in [2.45, 2.75) is 288 Å². The molecular formula is C61H107NO10. The molecule has 8 atom stereocenters. The fraction of sp³-hybridized carbons (Fsp3) is 0.770. The van der Waals surface area contributed by atoms with Gasteiger partial charge in [-0.2, -0.15) is 0 Å². The highest BCUT2D eigenvalue weighted by Gasteiger charge is 2.47. The molecular weight excluding hydrogens is 907 g/mol. The molecule has 1 amide bonds. The van der Waals surface area contributed by atoms with Gasteiger partial charge < -0.3 is 45.1 Å². The van der Waals surface area contributed by atoms with E-state index in [0.29, 0.717) is 12.8 Å². The third kappa shape index (κ3) is 36.9. The van der Waals surface area contributed by atoms with Crippen molar-refractivity contribution in [3.63, 3.8) is 0 Å². The second kappa shape index (κ2) is 49.0. The molecule has 1 aliphatic heterocycles. The zero-order valence-corrected chi connectivity index (χ0v) is 45.8. The highest BCUT2D eigenvalue weighted by molar-refractivity contribution is 5.80. The summed E-state index contributed by atoms with van der Waals surface area (Å²) >= 11 is 0. The number of carbonyl (C=O) groups is 2. The van der Waals surface area contributed by atoms with E-state index in [9.17, 15) is 35.1 Å². The maximum atomic E-state index is 13.4. The zero-order chi connectivity index (χ0) is 52.5. The SMILES string of the molecule is CC/C=C/C/C=C/CCCCCCCCCC(=O)OC1C(OCC(NC(=O)C(O)CCCCC/C=C\C/C=C\C/C=C\CCCCC)C(O)/C=C/CCCCCCCCCCCCC)OC(CO)C(O)C1O. The number of hydrogen-bond donors (Lipinski definition) is 6. The van der Waals surface area contributed by atoms with Crippen LogP contribution in [0, 0.1) is 0 Å². The summed E-state index contributed by atoms with van der Waals surface area (Å²) < 4.78 is 17.6. The molecule has 0 aromatic carbocycles. The van der Waals surface area contributed by atoms with E-state index in [2.05, 4.69) is 86.8 Å². The molecule has 0 aromatic rings. The highest BCUT2D eigenvalue weighted by atomic mass is 16.7. The smallest absolute Gasteiger partial charge is 0.306 e. The minimum Gasteiger partial charge on any atom is -0.454 e. The number of esters is 1. The minimum atomic E-state index is -1.62. The first-order valence-electron chi connectivity index (χ1n) is 29.2. The van der Waals surface area contributed by atoms with Gasteiger partial charge in [0.15, 0.2) is 12.4 Å². The van der Waals surface area contributed by atoms with Crippen LogP contribution in [0.3, 0.4) is 0 Å². The van der Waals surface area contributed by atoms with Crippen molar-refractivity contribution in [3.05, 3.63) is 72.9 Å². The number of ether oxygens (including phenoxy) is 3. The van der Waals surface area contributed by atoms with Crippen molar-refractivity contribution in [1.29, 1.82) is 0 Å². The Morgan fingerprint density at radius 3 is 1.53 bits per heavy atom. The predicted octanol–water partition coefficient (Wildman–Crippen LogP) is 13.2. The van der Waals surface area contributed by atoms with Crippen LogP contribution in [0.4, 0.5) is 0 Å². The number of aliphatic hydroxyl groups excluding tert-OH is 5. The summed E-state index contributed by atoms with van der Waals surface area (Å²) in [5.74, 6) is -1.23. The minimum absolute atomic E-state index is 0.109. The van der Waals surface area contributed by atoms with Crippen LogP contribution in [-0.2, 0) is 23.8 Å². The maximum Gasteiger partial charge on any atom is 0.306 e. The lowest BCUT2D eigenvalue weighted by Crippen LogP contribution is -2.61. The van der Waals surface area contributed by atoms with Gasteiger partial charge in [0.05, 0.1) is 25.4 Å². The number of allylic oxidation sites excluding steroid dienone is 11. The largest absolute Gasteiger partial charge is 0.454 e. The number of amides is 1. The molecule has 416 valence electrons. The molecule has 8 unspecified atom stereocenters. The molecule has 0 aliphatic carbocycles. The fourth-order valence-electron chi connectivity index (χ4n) is 8.69. The topological polar surface area (TPSA) is 175 Å². The van der Waals surface area contributed by atoms with Crippen LogP contribution in [0.2, 0.25) is 0 Å². The predicted molar refractivity (Wildman–Crippen MR) is 296 cm³/mol. The Kier molecular flexibility index (Phi) is 45.7. The molecule has 0 bridgehead atoms. The average molecular weight is 1010 g/mol. The molecule has 1 saturated heterocycles. The van der Waals surface area contributed by atoms with E-state index in [1.54, 1.807) is 6.08 Å². The van der Waals surface area contributed by atoms with Crippen LogP contribution in [0.15, 0.2) is 72.9 Å². The summed E-state index contributed by atoms with van der Waals surface area (Å²) in [7, 11) is 0.